The van der Waals surface area contributed by atoms with Gasteiger partial charge in [-0.2, -0.15) is 0 Å². The van der Waals surface area contributed by atoms with Crippen LogP contribution >= 0.6 is 0 Å². The van der Waals surface area contributed by atoms with Crippen molar-refractivity contribution < 1.29 is 23.2 Å². The van der Waals surface area contributed by atoms with Gasteiger partial charge in [0, 0.05) is 19.2 Å². The van der Waals surface area contributed by atoms with Gasteiger partial charge in [0.25, 0.3) is 0 Å². The molecular weight excluding hydrogens is 341 g/mol. The fourth-order valence-electron chi connectivity index (χ4n) is 2.81. The van der Waals surface area contributed by atoms with Crippen LogP contribution in [-0.4, -0.2) is 47.7 Å². The first-order valence-electron chi connectivity index (χ1n) is 8.44. The van der Waals surface area contributed by atoms with Crippen LogP contribution in [-0.2, 0) is 20.7 Å². The predicted octanol–water partition coefficient (Wildman–Crippen LogP) is 2.00. The number of nitrogens with one attached hydrogen (secondary N) is 1. The highest BCUT2D eigenvalue weighted by atomic mass is 19.1. The van der Waals surface area contributed by atoms with Gasteiger partial charge < -0.3 is 19.5 Å². The Labute approximate surface area is 150 Å². The zero-order valence-corrected chi connectivity index (χ0v) is 14.2. The molecule has 0 aliphatic carbocycles. The molecule has 7 nitrogen and oxygen atoms in total. The maximum absolute atomic E-state index is 13.0. The molecule has 2 aromatic rings. The Bertz CT molecular complexity index is 727. The lowest BCUT2D eigenvalue weighted by atomic mass is 10.1. The first-order chi connectivity index (χ1) is 12.6. The summed E-state index contributed by atoms with van der Waals surface area (Å²) in [6.07, 6.45) is 3.15. The van der Waals surface area contributed by atoms with Gasteiger partial charge in [-0.15, -0.1) is 0 Å². The summed E-state index contributed by atoms with van der Waals surface area (Å²) in [4.78, 5) is 26.4. The Morgan fingerprint density at radius 3 is 2.73 bits per heavy atom. The van der Waals surface area contributed by atoms with E-state index in [1.54, 1.807) is 12.1 Å². The molecule has 1 aliphatic rings. The topological polar surface area (TPSA) is 84.7 Å². The van der Waals surface area contributed by atoms with Crippen molar-refractivity contribution in [2.45, 2.75) is 25.4 Å². The van der Waals surface area contributed by atoms with E-state index in [1.165, 1.54) is 29.4 Å². The van der Waals surface area contributed by atoms with E-state index in [0.29, 0.717) is 18.7 Å². The van der Waals surface area contributed by atoms with Crippen LogP contribution in [0.2, 0.25) is 0 Å². The van der Waals surface area contributed by atoms with Crippen molar-refractivity contribution in [1.29, 1.82) is 0 Å². The monoisotopic (exact) mass is 361 g/mol. The summed E-state index contributed by atoms with van der Waals surface area (Å²) in [6, 6.07) is 7.26. The average Bonchev–Trinajstić information content (AvgIpc) is 3.30. The number of amides is 2. The fourth-order valence-corrected chi connectivity index (χ4v) is 2.81. The number of aromatic nitrogens is 1. The van der Waals surface area contributed by atoms with E-state index in [0.717, 1.165) is 12.8 Å². The van der Waals surface area contributed by atoms with Gasteiger partial charge in [-0.3, -0.25) is 9.59 Å². The number of ether oxygens (including phenoxy) is 1. The van der Waals surface area contributed by atoms with Crippen molar-refractivity contribution in [2.24, 2.45) is 0 Å². The Hall–Kier alpha value is -2.74. The van der Waals surface area contributed by atoms with Crippen LogP contribution in [0.1, 0.15) is 18.4 Å². The Balaban J connectivity index is 1.63. The first-order valence-corrected chi connectivity index (χ1v) is 8.44. The molecule has 1 fully saturated rings. The predicted molar refractivity (Wildman–Crippen MR) is 90.8 cm³/mol. The number of hydrogen-bond donors (Lipinski definition) is 1. The van der Waals surface area contributed by atoms with Crippen LogP contribution in [0, 0.1) is 5.82 Å². The summed E-state index contributed by atoms with van der Waals surface area (Å²) in [5, 5.41) is 6.19. The summed E-state index contributed by atoms with van der Waals surface area (Å²) in [5.74, 6) is -0.658. The van der Waals surface area contributed by atoms with E-state index in [4.69, 9.17) is 4.74 Å². The minimum atomic E-state index is -0.371. The molecule has 3 rings (SSSR count). The van der Waals surface area contributed by atoms with Gasteiger partial charge in [0.05, 0.1) is 12.5 Å². The SMILES string of the molecule is O=C(CN(CC1CCCO1)C(=O)Cc1ccc(F)cc1)Nc1ccon1. The molecule has 0 saturated carbocycles. The van der Waals surface area contributed by atoms with Crippen molar-refractivity contribution in [2.75, 3.05) is 25.0 Å². The molecule has 2 amide bonds. The minimum Gasteiger partial charge on any atom is -0.376 e. The maximum Gasteiger partial charge on any atom is 0.245 e. The number of carbonyl (C=O) groups excluding carboxylic acids is 2. The molecule has 8 heteroatoms. The second-order valence-electron chi connectivity index (χ2n) is 6.15. The Kier molecular flexibility index (Phi) is 5.96. The smallest absolute Gasteiger partial charge is 0.245 e. The lowest BCUT2D eigenvalue weighted by molar-refractivity contribution is -0.135. The number of benzene rings is 1. The molecule has 1 aromatic heterocycles. The largest absolute Gasteiger partial charge is 0.376 e. The van der Waals surface area contributed by atoms with Gasteiger partial charge in [0.15, 0.2) is 5.82 Å². The van der Waals surface area contributed by atoms with Crippen LogP contribution < -0.4 is 5.32 Å². The van der Waals surface area contributed by atoms with Crippen LogP contribution in [0.25, 0.3) is 0 Å². The summed E-state index contributed by atoms with van der Waals surface area (Å²) in [7, 11) is 0. The van der Waals surface area contributed by atoms with E-state index < -0.39 is 0 Å². The number of nitrogens with zero attached hydrogens (tertiary/aromatic N) is 2. The molecule has 0 spiro atoms. The molecule has 1 aromatic carbocycles. The van der Waals surface area contributed by atoms with E-state index in [2.05, 4.69) is 15.0 Å². The molecular formula is C18H20FN3O4. The van der Waals surface area contributed by atoms with Crippen molar-refractivity contribution in [3.8, 4) is 0 Å². The van der Waals surface area contributed by atoms with E-state index in [1.807, 2.05) is 0 Å². The highest BCUT2D eigenvalue weighted by molar-refractivity contribution is 5.94. The van der Waals surface area contributed by atoms with Crippen molar-refractivity contribution in [3.63, 3.8) is 0 Å². The maximum atomic E-state index is 13.0. The third kappa shape index (κ3) is 5.13. The molecule has 1 aliphatic heterocycles. The summed E-state index contributed by atoms with van der Waals surface area (Å²) >= 11 is 0. The van der Waals surface area contributed by atoms with Crippen molar-refractivity contribution >= 4 is 17.6 Å². The van der Waals surface area contributed by atoms with Crippen molar-refractivity contribution in [3.05, 3.63) is 48.0 Å². The first kappa shape index (κ1) is 18.1. The van der Waals surface area contributed by atoms with Gasteiger partial charge in [-0.25, -0.2) is 4.39 Å². The third-order valence-electron chi connectivity index (χ3n) is 4.11. The Morgan fingerprint density at radius 1 is 1.27 bits per heavy atom. The lowest BCUT2D eigenvalue weighted by Crippen LogP contribution is -2.43. The van der Waals surface area contributed by atoms with Gasteiger partial charge in [0.2, 0.25) is 11.8 Å². The quantitative estimate of drug-likeness (QED) is 0.815. The molecule has 138 valence electrons. The summed E-state index contributed by atoms with van der Waals surface area (Å²) in [6.45, 7) is 0.884. The molecule has 0 radical (unpaired) electrons. The fraction of sp³-hybridized carbons (Fsp3) is 0.389. The summed E-state index contributed by atoms with van der Waals surface area (Å²) in [5.41, 5.74) is 0.686. The number of anilines is 1. The minimum absolute atomic E-state index is 0.0768. The van der Waals surface area contributed by atoms with E-state index >= 15 is 0 Å². The zero-order chi connectivity index (χ0) is 18.4. The van der Waals surface area contributed by atoms with E-state index in [9.17, 15) is 14.0 Å². The summed E-state index contributed by atoms with van der Waals surface area (Å²) < 4.78 is 23.3. The van der Waals surface area contributed by atoms with Crippen molar-refractivity contribution in [1.82, 2.24) is 10.1 Å². The average molecular weight is 361 g/mol. The van der Waals surface area contributed by atoms with Crippen LogP contribution in [0.5, 0.6) is 0 Å². The molecule has 1 saturated heterocycles. The van der Waals surface area contributed by atoms with Gasteiger partial charge in [0.1, 0.15) is 18.6 Å². The third-order valence-corrected chi connectivity index (χ3v) is 4.11. The lowest BCUT2D eigenvalue weighted by Gasteiger charge is -2.25. The van der Waals surface area contributed by atoms with Crippen LogP contribution in [0.3, 0.4) is 0 Å². The Morgan fingerprint density at radius 2 is 2.08 bits per heavy atom. The molecule has 26 heavy (non-hydrogen) atoms. The molecule has 1 unspecified atom stereocenters. The number of halogens is 1. The number of rotatable bonds is 7. The number of carbonyl (C=O) groups is 2. The zero-order valence-electron chi connectivity index (χ0n) is 14.2. The van der Waals surface area contributed by atoms with Gasteiger partial charge in [-0.05, 0) is 30.5 Å². The normalized spacial score (nSPS) is 16.4. The molecule has 0 bridgehead atoms. The second-order valence-corrected chi connectivity index (χ2v) is 6.15. The highest BCUT2D eigenvalue weighted by Crippen LogP contribution is 2.15. The van der Waals surface area contributed by atoms with Gasteiger partial charge in [-0.1, -0.05) is 17.3 Å². The van der Waals surface area contributed by atoms with Crippen LogP contribution in [0.15, 0.2) is 41.1 Å². The molecule has 1 atom stereocenters. The second kappa shape index (κ2) is 8.57. The molecule has 2 heterocycles. The standard InChI is InChI=1S/C18H20FN3O4/c19-14-5-3-13(4-6-14)10-18(24)22(11-15-2-1-8-25-15)12-17(23)20-16-7-9-26-21-16/h3-7,9,15H,1-2,8,10-12H2,(H,20,21,23). The van der Waals surface area contributed by atoms with Gasteiger partial charge >= 0.3 is 0 Å². The highest BCUT2D eigenvalue weighted by Gasteiger charge is 2.24. The molecule has 1 N–H and O–H groups in total. The number of hydrogen-bond acceptors (Lipinski definition) is 5. The van der Waals surface area contributed by atoms with Crippen LogP contribution in [0.4, 0.5) is 10.2 Å². The van der Waals surface area contributed by atoms with E-state index in [-0.39, 0.29) is 42.5 Å².